The number of benzene rings is 2. The van der Waals surface area contributed by atoms with E-state index in [4.69, 9.17) is 0 Å². The molecule has 0 unspecified atom stereocenters. The molecule has 1 N–H and O–H groups in total. The Labute approximate surface area is 193 Å². The fourth-order valence-corrected chi connectivity index (χ4v) is 3.76. The molecule has 2 aromatic heterocycles. The van der Waals surface area contributed by atoms with Crippen LogP contribution < -0.4 is 16.7 Å². The monoisotopic (exact) mass is 461 g/mol. The van der Waals surface area contributed by atoms with Crippen LogP contribution in [0.15, 0.2) is 69.3 Å². The average molecular weight is 461 g/mol. The van der Waals surface area contributed by atoms with Crippen molar-refractivity contribution < 1.29 is 4.92 Å². The molecule has 0 aliphatic rings. The number of para-hydroxylation sites is 1. The topological polar surface area (TPSA) is 129 Å². The van der Waals surface area contributed by atoms with E-state index >= 15 is 0 Å². The number of nitro groups is 1. The Kier molecular flexibility index (Phi) is 6.35. The van der Waals surface area contributed by atoms with Gasteiger partial charge in [0.25, 0.3) is 11.2 Å². The molecule has 2 heterocycles. The molecule has 34 heavy (non-hydrogen) atoms. The maximum atomic E-state index is 12.9. The van der Waals surface area contributed by atoms with E-state index in [1.165, 1.54) is 23.9 Å². The third-order valence-electron chi connectivity index (χ3n) is 5.54. The zero-order valence-electron chi connectivity index (χ0n) is 18.7. The van der Waals surface area contributed by atoms with Gasteiger partial charge in [0.2, 0.25) is 5.95 Å². The maximum absolute atomic E-state index is 12.9. The molecule has 0 fully saturated rings. The minimum absolute atomic E-state index is 0.0827. The zero-order chi connectivity index (χ0) is 24.2. The summed E-state index contributed by atoms with van der Waals surface area (Å²) >= 11 is 0. The van der Waals surface area contributed by atoms with Crippen LogP contribution in [0.2, 0.25) is 0 Å². The van der Waals surface area contributed by atoms with E-state index in [1.807, 2.05) is 30.3 Å². The lowest BCUT2D eigenvalue weighted by atomic mass is 10.1. The number of nitrogens with one attached hydrogen (secondary N) is 1. The van der Waals surface area contributed by atoms with Gasteiger partial charge in [0.15, 0.2) is 11.2 Å². The number of hydrogen-bond donors (Lipinski definition) is 1. The van der Waals surface area contributed by atoms with Crippen LogP contribution in [0, 0.1) is 10.1 Å². The van der Waals surface area contributed by atoms with Gasteiger partial charge in [-0.1, -0.05) is 42.5 Å². The fraction of sp³-hybridized carbons (Fsp3) is 0.217. The quantitative estimate of drug-likeness (QED) is 0.244. The van der Waals surface area contributed by atoms with E-state index < -0.39 is 16.2 Å². The first-order chi connectivity index (χ1) is 16.4. The summed E-state index contributed by atoms with van der Waals surface area (Å²) in [4.78, 5) is 40.5. The minimum Gasteiger partial charge on any atom is -0.303 e. The number of fused-ring (bicyclic) bond motifs is 1. The molecule has 0 aliphatic heterocycles. The third kappa shape index (κ3) is 4.35. The summed E-state index contributed by atoms with van der Waals surface area (Å²) in [6.45, 7) is 0.447. The number of aryl methyl sites for hydroxylation is 3. The first kappa shape index (κ1) is 22.6. The minimum atomic E-state index is -0.486. The summed E-state index contributed by atoms with van der Waals surface area (Å²) in [7, 11) is 2.97. The Morgan fingerprint density at radius 2 is 1.76 bits per heavy atom. The SMILES string of the molecule is Cn1c(=O)c2c(nc(N/N=C/c3ccccc3[N+](=O)[O-])n2CCCc2ccccc2)n(C)c1=O. The highest BCUT2D eigenvalue weighted by Gasteiger charge is 2.19. The number of hydrogen-bond acceptors (Lipinski definition) is 7. The van der Waals surface area contributed by atoms with E-state index in [0.29, 0.717) is 18.5 Å². The second-order valence-electron chi connectivity index (χ2n) is 7.74. The number of imidazole rings is 1. The molecule has 4 rings (SSSR count). The predicted octanol–water partition coefficient (Wildman–Crippen LogP) is 2.42. The standard InChI is InChI=1S/C23H23N7O4/c1-27-20-19(21(31)28(2)23(27)32)29(14-8-11-16-9-4-3-5-10-16)22(25-20)26-24-15-17-12-6-7-13-18(17)30(33)34/h3-7,9-10,12-13,15H,8,11,14H2,1-2H3,(H,25,26)/b24-15+. The molecule has 0 aliphatic carbocycles. The van der Waals surface area contributed by atoms with Crippen molar-refractivity contribution in [1.82, 2.24) is 18.7 Å². The number of hydrazone groups is 1. The Bertz CT molecular complexity index is 1500. The summed E-state index contributed by atoms with van der Waals surface area (Å²) < 4.78 is 4.04. The van der Waals surface area contributed by atoms with Gasteiger partial charge in [-0.05, 0) is 24.5 Å². The summed E-state index contributed by atoms with van der Waals surface area (Å²) in [6.07, 6.45) is 2.82. The first-order valence-electron chi connectivity index (χ1n) is 10.6. The van der Waals surface area contributed by atoms with E-state index in [9.17, 15) is 19.7 Å². The summed E-state index contributed by atoms with van der Waals surface area (Å²) in [5, 5.41) is 15.4. The van der Waals surface area contributed by atoms with E-state index in [-0.39, 0.29) is 22.8 Å². The zero-order valence-corrected chi connectivity index (χ0v) is 18.7. The lowest BCUT2D eigenvalue weighted by Crippen LogP contribution is -2.37. The molecule has 11 nitrogen and oxygen atoms in total. The maximum Gasteiger partial charge on any atom is 0.332 e. The molecule has 0 radical (unpaired) electrons. The Balaban J connectivity index is 1.70. The molecular weight excluding hydrogens is 438 g/mol. The molecule has 4 aromatic rings. The van der Waals surface area contributed by atoms with Crippen molar-refractivity contribution in [2.24, 2.45) is 19.2 Å². The number of nitrogens with zero attached hydrogens (tertiary/aromatic N) is 6. The smallest absolute Gasteiger partial charge is 0.303 e. The number of rotatable bonds is 8. The summed E-state index contributed by atoms with van der Waals surface area (Å²) in [6, 6.07) is 16.2. The average Bonchev–Trinajstić information content (AvgIpc) is 3.20. The number of aromatic nitrogens is 4. The van der Waals surface area contributed by atoms with Crippen molar-refractivity contribution in [1.29, 1.82) is 0 Å². The first-order valence-corrected chi connectivity index (χ1v) is 10.6. The number of nitro benzene ring substituents is 1. The van der Waals surface area contributed by atoms with Crippen molar-refractivity contribution in [3.63, 3.8) is 0 Å². The van der Waals surface area contributed by atoms with Crippen LogP contribution in [0.5, 0.6) is 0 Å². The van der Waals surface area contributed by atoms with Crippen molar-refractivity contribution in [2.75, 3.05) is 5.43 Å². The molecule has 0 atom stereocenters. The van der Waals surface area contributed by atoms with E-state index in [1.54, 1.807) is 29.8 Å². The van der Waals surface area contributed by atoms with Gasteiger partial charge >= 0.3 is 5.69 Å². The van der Waals surface area contributed by atoms with Crippen LogP contribution in [0.1, 0.15) is 17.5 Å². The molecule has 0 saturated carbocycles. The molecule has 174 valence electrons. The Morgan fingerprint density at radius 3 is 2.50 bits per heavy atom. The molecule has 0 bridgehead atoms. The Hall–Kier alpha value is -4.54. The molecular formula is C23H23N7O4. The second kappa shape index (κ2) is 9.53. The highest BCUT2D eigenvalue weighted by atomic mass is 16.6. The van der Waals surface area contributed by atoms with Crippen molar-refractivity contribution in [3.05, 3.63) is 96.7 Å². The van der Waals surface area contributed by atoms with Crippen molar-refractivity contribution in [3.8, 4) is 0 Å². The predicted molar refractivity (Wildman–Crippen MR) is 129 cm³/mol. The number of anilines is 1. The van der Waals surface area contributed by atoms with Crippen molar-refractivity contribution >= 4 is 29.0 Å². The highest BCUT2D eigenvalue weighted by molar-refractivity contribution is 5.85. The van der Waals surface area contributed by atoms with Crippen LogP contribution in [-0.2, 0) is 27.1 Å². The summed E-state index contributed by atoms with van der Waals surface area (Å²) in [5.74, 6) is 0.260. The van der Waals surface area contributed by atoms with Gasteiger partial charge in [-0.25, -0.2) is 10.2 Å². The van der Waals surface area contributed by atoms with E-state index in [2.05, 4.69) is 15.5 Å². The van der Waals surface area contributed by atoms with Gasteiger partial charge in [-0.2, -0.15) is 10.1 Å². The highest BCUT2D eigenvalue weighted by Crippen LogP contribution is 2.18. The molecule has 11 heteroatoms. The molecule has 0 amide bonds. The van der Waals surface area contributed by atoms with Gasteiger partial charge < -0.3 is 4.57 Å². The molecule has 0 saturated heterocycles. The van der Waals surface area contributed by atoms with Gasteiger partial charge in [-0.3, -0.25) is 24.0 Å². The normalized spacial score (nSPS) is 11.4. The summed E-state index contributed by atoms with van der Waals surface area (Å²) in [5.41, 5.74) is 3.76. The second-order valence-corrected chi connectivity index (χ2v) is 7.74. The lowest BCUT2D eigenvalue weighted by Gasteiger charge is -2.09. The van der Waals surface area contributed by atoms with Crippen LogP contribution in [-0.4, -0.2) is 29.8 Å². The van der Waals surface area contributed by atoms with Crippen LogP contribution >= 0.6 is 0 Å². The van der Waals surface area contributed by atoms with Gasteiger partial charge in [0.05, 0.1) is 16.7 Å². The third-order valence-corrected chi connectivity index (χ3v) is 5.54. The van der Waals surface area contributed by atoms with Gasteiger partial charge in [0.1, 0.15) is 0 Å². The molecule has 2 aromatic carbocycles. The van der Waals surface area contributed by atoms with Crippen LogP contribution in [0.4, 0.5) is 11.6 Å². The van der Waals surface area contributed by atoms with Gasteiger partial charge in [-0.15, -0.1) is 0 Å². The largest absolute Gasteiger partial charge is 0.332 e. The van der Waals surface area contributed by atoms with E-state index in [0.717, 1.165) is 16.6 Å². The van der Waals surface area contributed by atoms with Crippen LogP contribution in [0.25, 0.3) is 11.2 Å². The van der Waals surface area contributed by atoms with Crippen molar-refractivity contribution in [2.45, 2.75) is 19.4 Å². The molecule has 0 spiro atoms. The Morgan fingerprint density at radius 1 is 1.06 bits per heavy atom. The van der Waals surface area contributed by atoms with Gasteiger partial charge in [0, 0.05) is 26.7 Å². The fourth-order valence-electron chi connectivity index (χ4n) is 3.76. The lowest BCUT2D eigenvalue weighted by molar-refractivity contribution is -0.385. The van der Waals surface area contributed by atoms with Crippen LogP contribution in [0.3, 0.4) is 0 Å².